The normalized spacial score (nSPS) is 11.0. The lowest BCUT2D eigenvalue weighted by molar-refractivity contribution is -0.122. The maximum absolute atomic E-state index is 11.5. The molecule has 0 saturated carbocycles. The third kappa shape index (κ3) is 14.1. The van der Waals surface area contributed by atoms with E-state index in [1.54, 1.807) is 0 Å². The fourth-order valence-corrected chi connectivity index (χ4v) is 2.40. The fraction of sp³-hybridized carbons (Fsp3) is 0.941. The first-order valence-electron chi connectivity index (χ1n) is 8.75. The largest absolute Gasteiger partial charge is 0.394 e. The molecule has 4 nitrogen and oxygen atoms in total. The predicted octanol–water partition coefficient (Wildman–Crippen LogP) is 3.16. The van der Waals surface area contributed by atoms with Gasteiger partial charge in [0.2, 0.25) is 5.91 Å². The van der Waals surface area contributed by atoms with Gasteiger partial charge >= 0.3 is 0 Å². The van der Waals surface area contributed by atoms with Crippen LogP contribution in [-0.4, -0.2) is 35.4 Å². The zero-order valence-electron chi connectivity index (χ0n) is 13.8. The summed E-state index contributed by atoms with van der Waals surface area (Å²) in [5, 5.41) is 20.3. The monoisotopic (exact) mass is 301 g/mol. The summed E-state index contributed by atoms with van der Waals surface area (Å²) in [5.74, 6) is -0.0703. The molecule has 126 valence electrons. The van der Waals surface area contributed by atoms with Gasteiger partial charge in [0.25, 0.3) is 0 Å². The molecule has 4 heteroatoms. The Balaban J connectivity index is 3.23. The van der Waals surface area contributed by atoms with Gasteiger partial charge in [0.05, 0.1) is 19.3 Å². The zero-order valence-corrected chi connectivity index (χ0v) is 13.8. The molecule has 0 spiro atoms. The Labute approximate surface area is 130 Å². The zero-order chi connectivity index (χ0) is 15.8. The first kappa shape index (κ1) is 20.4. The Morgan fingerprint density at radius 2 is 1.24 bits per heavy atom. The molecule has 21 heavy (non-hydrogen) atoms. The van der Waals surface area contributed by atoms with Crippen LogP contribution in [-0.2, 0) is 4.79 Å². The maximum Gasteiger partial charge on any atom is 0.220 e. The number of carbonyl (C=O) groups excluding carboxylic acids is 1. The lowest BCUT2D eigenvalue weighted by atomic mass is 10.1. The first-order chi connectivity index (χ1) is 10.2. The van der Waals surface area contributed by atoms with Crippen molar-refractivity contribution in [3.63, 3.8) is 0 Å². The molecule has 0 aromatic heterocycles. The van der Waals surface area contributed by atoms with E-state index >= 15 is 0 Å². The van der Waals surface area contributed by atoms with Crippen molar-refractivity contribution in [3.05, 3.63) is 0 Å². The molecule has 1 amide bonds. The van der Waals surface area contributed by atoms with Crippen LogP contribution in [0.15, 0.2) is 0 Å². The molecule has 0 aromatic rings. The van der Waals surface area contributed by atoms with Crippen molar-refractivity contribution in [2.75, 3.05) is 13.2 Å². The number of hydrogen-bond acceptors (Lipinski definition) is 3. The Morgan fingerprint density at radius 1 is 0.810 bits per heavy atom. The smallest absolute Gasteiger partial charge is 0.220 e. The lowest BCUT2D eigenvalue weighted by Gasteiger charge is -2.12. The van der Waals surface area contributed by atoms with Crippen LogP contribution in [0.2, 0.25) is 0 Å². The molecule has 0 atom stereocenters. The van der Waals surface area contributed by atoms with Gasteiger partial charge in [-0.3, -0.25) is 4.79 Å². The highest BCUT2D eigenvalue weighted by Gasteiger charge is 2.09. The van der Waals surface area contributed by atoms with Crippen LogP contribution in [0.4, 0.5) is 0 Å². The molecule has 0 aromatic carbocycles. The highest BCUT2D eigenvalue weighted by molar-refractivity contribution is 5.76. The second kappa shape index (κ2) is 15.8. The summed E-state index contributed by atoms with van der Waals surface area (Å²) in [5.41, 5.74) is 0. The van der Waals surface area contributed by atoms with Crippen molar-refractivity contribution in [1.82, 2.24) is 5.32 Å². The molecule has 0 bridgehead atoms. The molecular formula is C17H35NO3. The summed E-state index contributed by atoms with van der Waals surface area (Å²) in [6, 6.07) is -0.509. The fourth-order valence-electron chi connectivity index (χ4n) is 2.40. The minimum atomic E-state index is -0.509. The molecule has 0 aliphatic rings. The van der Waals surface area contributed by atoms with Gasteiger partial charge in [0.15, 0.2) is 0 Å². The Bertz CT molecular complexity index is 230. The molecule has 3 N–H and O–H groups in total. The van der Waals surface area contributed by atoms with E-state index in [1.165, 1.54) is 57.8 Å². The number of hydrogen-bond donors (Lipinski definition) is 3. The van der Waals surface area contributed by atoms with Gasteiger partial charge in [-0.2, -0.15) is 0 Å². The van der Waals surface area contributed by atoms with Gasteiger partial charge in [-0.25, -0.2) is 0 Å². The van der Waals surface area contributed by atoms with Crippen molar-refractivity contribution in [2.24, 2.45) is 0 Å². The second-order valence-corrected chi connectivity index (χ2v) is 5.92. The minimum absolute atomic E-state index is 0.0703. The maximum atomic E-state index is 11.5. The number of unbranched alkanes of at least 4 members (excludes halogenated alkanes) is 10. The van der Waals surface area contributed by atoms with Crippen LogP contribution in [0.25, 0.3) is 0 Å². The van der Waals surface area contributed by atoms with Crippen LogP contribution < -0.4 is 5.32 Å². The van der Waals surface area contributed by atoms with E-state index in [1.807, 2.05) is 0 Å². The molecule has 0 aliphatic carbocycles. The SMILES string of the molecule is CCCCCCCCCCCCCC(=O)NC(CO)CO. The summed E-state index contributed by atoms with van der Waals surface area (Å²) < 4.78 is 0. The Hall–Kier alpha value is -0.610. The standard InChI is InChI=1S/C17H35NO3/c1-2-3-4-5-6-7-8-9-10-11-12-13-17(21)18-16(14-19)15-20/h16,19-20H,2-15H2,1H3,(H,18,21). The van der Waals surface area contributed by atoms with Crippen LogP contribution in [0.5, 0.6) is 0 Å². The number of nitrogens with one attached hydrogen (secondary N) is 1. The van der Waals surface area contributed by atoms with Crippen molar-refractivity contribution < 1.29 is 15.0 Å². The quantitative estimate of drug-likeness (QED) is 0.407. The Morgan fingerprint density at radius 3 is 1.67 bits per heavy atom. The minimum Gasteiger partial charge on any atom is -0.394 e. The molecule has 0 radical (unpaired) electrons. The van der Waals surface area contributed by atoms with E-state index in [9.17, 15) is 4.79 Å². The number of aliphatic hydroxyl groups is 2. The summed E-state index contributed by atoms with van der Waals surface area (Å²) in [4.78, 5) is 11.5. The topological polar surface area (TPSA) is 69.6 Å². The van der Waals surface area contributed by atoms with Crippen molar-refractivity contribution in [3.8, 4) is 0 Å². The van der Waals surface area contributed by atoms with Crippen LogP contribution in [0.1, 0.15) is 84.0 Å². The molecule has 0 saturated heterocycles. The molecule has 0 fully saturated rings. The van der Waals surface area contributed by atoms with Crippen molar-refractivity contribution in [2.45, 2.75) is 90.0 Å². The lowest BCUT2D eigenvalue weighted by Crippen LogP contribution is -2.39. The third-order valence-electron chi connectivity index (χ3n) is 3.81. The first-order valence-corrected chi connectivity index (χ1v) is 8.75. The van der Waals surface area contributed by atoms with Gasteiger partial charge < -0.3 is 15.5 Å². The van der Waals surface area contributed by atoms with E-state index in [2.05, 4.69) is 12.2 Å². The summed E-state index contributed by atoms with van der Waals surface area (Å²) in [7, 11) is 0. The Kier molecular flexibility index (Phi) is 15.3. The molecule has 0 aliphatic heterocycles. The van der Waals surface area contributed by atoms with E-state index in [0.717, 1.165) is 12.8 Å². The van der Waals surface area contributed by atoms with Gasteiger partial charge in [0, 0.05) is 6.42 Å². The summed E-state index contributed by atoms with van der Waals surface area (Å²) in [6.07, 6.45) is 14.4. The third-order valence-corrected chi connectivity index (χ3v) is 3.81. The van der Waals surface area contributed by atoms with Crippen molar-refractivity contribution in [1.29, 1.82) is 0 Å². The summed E-state index contributed by atoms with van der Waals surface area (Å²) in [6.45, 7) is 1.83. The number of amides is 1. The molecular weight excluding hydrogens is 266 g/mol. The number of aliphatic hydroxyl groups excluding tert-OH is 2. The van der Waals surface area contributed by atoms with Gasteiger partial charge in [-0.15, -0.1) is 0 Å². The summed E-state index contributed by atoms with van der Waals surface area (Å²) >= 11 is 0. The molecule has 0 heterocycles. The van der Waals surface area contributed by atoms with E-state index in [0.29, 0.717) is 6.42 Å². The molecule has 0 unspecified atom stereocenters. The highest BCUT2D eigenvalue weighted by atomic mass is 16.3. The van der Waals surface area contributed by atoms with Gasteiger partial charge in [-0.05, 0) is 6.42 Å². The predicted molar refractivity (Wildman–Crippen MR) is 87.2 cm³/mol. The van der Waals surface area contributed by atoms with Gasteiger partial charge in [-0.1, -0.05) is 71.1 Å². The molecule has 0 rings (SSSR count). The van der Waals surface area contributed by atoms with E-state index < -0.39 is 6.04 Å². The van der Waals surface area contributed by atoms with Crippen molar-refractivity contribution >= 4 is 5.91 Å². The number of rotatable bonds is 15. The van der Waals surface area contributed by atoms with E-state index in [-0.39, 0.29) is 19.1 Å². The van der Waals surface area contributed by atoms with Gasteiger partial charge in [0.1, 0.15) is 0 Å². The highest BCUT2D eigenvalue weighted by Crippen LogP contribution is 2.11. The van der Waals surface area contributed by atoms with Crippen LogP contribution in [0.3, 0.4) is 0 Å². The number of carbonyl (C=O) groups is 1. The van der Waals surface area contributed by atoms with Crippen LogP contribution >= 0.6 is 0 Å². The average Bonchev–Trinajstić information content (AvgIpc) is 2.50. The average molecular weight is 301 g/mol. The van der Waals surface area contributed by atoms with E-state index in [4.69, 9.17) is 10.2 Å². The second-order valence-electron chi connectivity index (χ2n) is 5.92. The van der Waals surface area contributed by atoms with Crippen LogP contribution in [0, 0.1) is 0 Å².